The molecule has 1 amide bonds. The molecule has 37 heavy (non-hydrogen) atoms. The van der Waals surface area contributed by atoms with Crippen molar-refractivity contribution in [1.29, 1.82) is 0 Å². The Morgan fingerprint density at radius 2 is 1.49 bits per heavy atom. The van der Waals surface area contributed by atoms with Crippen LogP contribution >= 0.6 is 0 Å². The number of amides is 1. The van der Waals surface area contributed by atoms with Crippen LogP contribution in [0.4, 0.5) is 5.69 Å². The van der Waals surface area contributed by atoms with Gasteiger partial charge in [-0.1, -0.05) is 18.2 Å². The predicted molar refractivity (Wildman–Crippen MR) is 140 cm³/mol. The number of aliphatic hydroxyl groups is 1. The molecule has 0 aromatic heterocycles. The molecule has 0 radical (unpaired) electrons. The highest BCUT2D eigenvalue weighted by Crippen LogP contribution is 2.44. The molecule has 1 aliphatic rings. The van der Waals surface area contributed by atoms with Gasteiger partial charge in [0.15, 0.2) is 0 Å². The van der Waals surface area contributed by atoms with Gasteiger partial charge in [-0.15, -0.1) is 0 Å². The van der Waals surface area contributed by atoms with E-state index < -0.39 is 17.7 Å². The fourth-order valence-corrected chi connectivity index (χ4v) is 4.31. The molecule has 3 aromatic rings. The van der Waals surface area contributed by atoms with E-state index in [4.69, 9.17) is 18.9 Å². The first-order valence-corrected chi connectivity index (χ1v) is 11.7. The molecule has 0 aliphatic carbocycles. The van der Waals surface area contributed by atoms with E-state index >= 15 is 0 Å². The molecule has 1 unspecified atom stereocenters. The first kappa shape index (κ1) is 25.6. The lowest BCUT2D eigenvalue weighted by Gasteiger charge is -2.26. The van der Waals surface area contributed by atoms with Crippen LogP contribution < -0.4 is 23.8 Å². The largest absolute Gasteiger partial charge is 0.507 e. The normalized spacial score (nSPS) is 16.7. The van der Waals surface area contributed by atoms with Gasteiger partial charge in [0.2, 0.25) is 0 Å². The monoisotopic (exact) mass is 503 g/mol. The van der Waals surface area contributed by atoms with E-state index in [0.717, 1.165) is 0 Å². The third kappa shape index (κ3) is 4.95. The highest BCUT2D eigenvalue weighted by molar-refractivity contribution is 6.51. The Bertz CT molecular complexity index is 1340. The number of aliphatic hydroxyl groups excluding tert-OH is 1. The van der Waals surface area contributed by atoms with Gasteiger partial charge >= 0.3 is 0 Å². The number of carbonyl (C=O) groups is 2. The van der Waals surface area contributed by atoms with E-state index in [2.05, 4.69) is 0 Å². The molecule has 8 nitrogen and oxygen atoms in total. The van der Waals surface area contributed by atoms with E-state index in [9.17, 15) is 14.7 Å². The van der Waals surface area contributed by atoms with Crippen molar-refractivity contribution in [1.82, 2.24) is 0 Å². The van der Waals surface area contributed by atoms with E-state index in [1.807, 2.05) is 13.8 Å². The lowest BCUT2D eigenvalue weighted by atomic mass is 9.94. The number of anilines is 1. The number of carbonyl (C=O) groups excluding carboxylic acids is 2. The number of rotatable bonds is 8. The molecule has 1 N–H and O–H groups in total. The van der Waals surface area contributed by atoms with Crippen LogP contribution in [0.3, 0.4) is 0 Å². The van der Waals surface area contributed by atoms with E-state index in [-0.39, 0.29) is 23.0 Å². The van der Waals surface area contributed by atoms with Gasteiger partial charge in [-0.25, -0.2) is 0 Å². The van der Waals surface area contributed by atoms with Crippen molar-refractivity contribution in [2.75, 3.05) is 26.2 Å². The molecule has 0 bridgehead atoms. The molecular formula is C29H29NO7. The molecule has 1 heterocycles. The molecule has 3 aromatic carbocycles. The second-order valence-corrected chi connectivity index (χ2v) is 8.67. The predicted octanol–water partition coefficient (Wildman–Crippen LogP) is 5.13. The molecule has 8 heteroatoms. The fraction of sp³-hybridized carbons (Fsp3) is 0.241. The van der Waals surface area contributed by atoms with Gasteiger partial charge in [-0.3, -0.25) is 14.5 Å². The van der Waals surface area contributed by atoms with E-state index in [1.54, 1.807) is 66.7 Å². The minimum Gasteiger partial charge on any atom is -0.507 e. The number of Topliss-reactive ketones (excluding diaryl/α,β-unsaturated/α-hetero) is 1. The Kier molecular flexibility index (Phi) is 7.38. The van der Waals surface area contributed by atoms with Gasteiger partial charge in [0.05, 0.1) is 44.6 Å². The van der Waals surface area contributed by atoms with Crippen LogP contribution in [-0.4, -0.2) is 44.2 Å². The summed E-state index contributed by atoms with van der Waals surface area (Å²) < 4.78 is 21.8. The van der Waals surface area contributed by atoms with Crippen LogP contribution in [0.15, 0.2) is 72.3 Å². The quantitative estimate of drug-likeness (QED) is 0.259. The van der Waals surface area contributed by atoms with Crippen LogP contribution in [0.25, 0.3) is 5.76 Å². The van der Waals surface area contributed by atoms with Crippen molar-refractivity contribution < 1.29 is 33.6 Å². The summed E-state index contributed by atoms with van der Waals surface area (Å²) in [4.78, 5) is 28.2. The minimum absolute atomic E-state index is 0.0178. The third-order valence-electron chi connectivity index (χ3n) is 6.01. The second-order valence-electron chi connectivity index (χ2n) is 8.67. The zero-order valence-corrected chi connectivity index (χ0v) is 21.3. The molecule has 0 saturated carbocycles. The minimum atomic E-state index is -0.910. The van der Waals surface area contributed by atoms with Crippen LogP contribution in [0.5, 0.6) is 23.0 Å². The van der Waals surface area contributed by atoms with Crippen molar-refractivity contribution in [2.24, 2.45) is 0 Å². The van der Waals surface area contributed by atoms with Crippen molar-refractivity contribution in [3.05, 3.63) is 83.4 Å². The standard InChI is InChI=1S/C29H29NO7/c1-17(2)37-20-11-9-18(10-12-20)26-25(27(31)23-14-13-22(35-4)16-24(23)36-5)28(32)29(33)30(26)19-7-6-8-21(15-19)34-3/h6-17,26,31H,1-5H3/b27-25-. The van der Waals surface area contributed by atoms with Crippen molar-refractivity contribution in [3.8, 4) is 23.0 Å². The maximum Gasteiger partial charge on any atom is 0.300 e. The van der Waals surface area contributed by atoms with Crippen molar-refractivity contribution in [2.45, 2.75) is 26.0 Å². The molecular weight excluding hydrogens is 474 g/mol. The van der Waals surface area contributed by atoms with Crippen LogP contribution in [0.1, 0.15) is 31.0 Å². The number of hydrogen-bond donors (Lipinski definition) is 1. The Hall–Kier alpha value is -4.46. The first-order chi connectivity index (χ1) is 17.8. The zero-order chi connectivity index (χ0) is 26.7. The number of nitrogens with zero attached hydrogens (tertiary/aromatic N) is 1. The molecule has 1 aliphatic heterocycles. The molecule has 1 atom stereocenters. The van der Waals surface area contributed by atoms with Gasteiger partial charge in [0.1, 0.15) is 28.8 Å². The summed E-state index contributed by atoms with van der Waals surface area (Å²) in [5.74, 6) is 0.0483. The average molecular weight is 504 g/mol. The Labute approximate surface area is 215 Å². The van der Waals surface area contributed by atoms with Crippen LogP contribution in [-0.2, 0) is 9.59 Å². The van der Waals surface area contributed by atoms with Gasteiger partial charge < -0.3 is 24.1 Å². The van der Waals surface area contributed by atoms with Crippen molar-refractivity contribution >= 4 is 23.1 Å². The SMILES string of the molecule is COc1cccc(N2C(=O)C(=O)/C(=C(\O)c3ccc(OC)cc3OC)C2c2ccc(OC(C)C)cc2)c1. The van der Waals surface area contributed by atoms with Gasteiger partial charge in [0, 0.05) is 17.8 Å². The molecule has 1 saturated heterocycles. The zero-order valence-electron chi connectivity index (χ0n) is 21.3. The smallest absolute Gasteiger partial charge is 0.300 e. The Morgan fingerprint density at radius 1 is 0.838 bits per heavy atom. The maximum absolute atomic E-state index is 13.4. The number of methoxy groups -OCH3 is 3. The number of ether oxygens (including phenoxy) is 4. The summed E-state index contributed by atoms with van der Waals surface area (Å²) in [6.07, 6.45) is -0.0178. The highest BCUT2D eigenvalue weighted by Gasteiger charge is 2.47. The number of ketones is 1. The Morgan fingerprint density at radius 3 is 2.11 bits per heavy atom. The van der Waals surface area contributed by atoms with Gasteiger partial charge in [-0.05, 0) is 55.8 Å². The second kappa shape index (κ2) is 10.7. The van der Waals surface area contributed by atoms with E-state index in [1.165, 1.54) is 26.2 Å². The summed E-state index contributed by atoms with van der Waals surface area (Å²) in [5, 5.41) is 11.5. The highest BCUT2D eigenvalue weighted by atomic mass is 16.5. The lowest BCUT2D eigenvalue weighted by molar-refractivity contribution is -0.132. The summed E-state index contributed by atoms with van der Waals surface area (Å²) in [6.45, 7) is 3.85. The molecule has 1 fully saturated rings. The topological polar surface area (TPSA) is 94.5 Å². The average Bonchev–Trinajstić information content (AvgIpc) is 3.18. The molecule has 192 valence electrons. The fourth-order valence-electron chi connectivity index (χ4n) is 4.31. The summed E-state index contributed by atoms with van der Waals surface area (Å²) >= 11 is 0. The number of benzene rings is 3. The van der Waals surface area contributed by atoms with Gasteiger partial charge in [0.25, 0.3) is 11.7 Å². The van der Waals surface area contributed by atoms with Crippen LogP contribution in [0.2, 0.25) is 0 Å². The summed E-state index contributed by atoms with van der Waals surface area (Å²) in [7, 11) is 4.49. The molecule has 4 rings (SSSR count). The third-order valence-corrected chi connectivity index (χ3v) is 6.01. The summed E-state index contributed by atoms with van der Waals surface area (Å²) in [6, 6.07) is 17.9. The van der Waals surface area contributed by atoms with Gasteiger partial charge in [-0.2, -0.15) is 0 Å². The van der Waals surface area contributed by atoms with E-state index in [0.29, 0.717) is 34.2 Å². The maximum atomic E-state index is 13.4. The molecule has 0 spiro atoms. The first-order valence-electron chi connectivity index (χ1n) is 11.7. The summed E-state index contributed by atoms with van der Waals surface area (Å²) in [5.41, 5.74) is 1.27. The Balaban J connectivity index is 1.92. The number of hydrogen-bond acceptors (Lipinski definition) is 7. The lowest BCUT2D eigenvalue weighted by Crippen LogP contribution is -2.29. The van der Waals surface area contributed by atoms with Crippen molar-refractivity contribution in [3.63, 3.8) is 0 Å². The van der Waals surface area contributed by atoms with Crippen LogP contribution in [0, 0.1) is 0 Å².